The molecule has 1 heterocycles. The second kappa shape index (κ2) is 6.02. The lowest BCUT2D eigenvalue weighted by Crippen LogP contribution is -2.35. The van der Waals surface area contributed by atoms with Crippen molar-refractivity contribution >= 4 is 32.9 Å². The zero-order valence-electron chi connectivity index (χ0n) is 12.6. The molecule has 21 heavy (non-hydrogen) atoms. The third-order valence-electron chi connectivity index (χ3n) is 3.15. The van der Waals surface area contributed by atoms with Crippen LogP contribution in [0, 0.1) is 5.41 Å². The standard InChI is InChI=1S/C16H20BrN3O/c1-11(17)10-20-13-8-6-5-7-12(13)19-14(20)9-18-15(21)16(2,3)4/h5-8H,1,9-10H2,2-4H3,(H,18,21). The summed E-state index contributed by atoms with van der Waals surface area (Å²) in [5.74, 6) is 0.841. The number of benzene rings is 1. The molecule has 1 amide bonds. The van der Waals surface area contributed by atoms with Crippen molar-refractivity contribution in [1.82, 2.24) is 14.9 Å². The van der Waals surface area contributed by atoms with Gasteiger partial charge in [0, 0.05) is 9.90 Å². The summed E-state index contributed by atoms with van der Waals surface area (Å²) in [6.07, 6.45) is 0. The van der Waals surface area contributed by atoms with E-state index in [9.17, 15) is 4.79 Å². The quantitative estimate of drug-likeness (QED) is 0.916. The van der Waals surface area contributed by atoms with Crippen LogP contribution in [0.4, 0.5) is 0 Å². The van der Waals surface area contributed by atoms with E-state index in [2.05, 4.69) is 37.4 Å². The zero-order chi connectivity index (χ0) is 15.6. The van der Waals surface area contributed by atoms with Crippen molar-refractivity contribution in [1.29, 1.82) is 0 Å². The van der Waals surface area contributed by atoms with Gasteiger partial charge in [-0.2, -0.15) is 0 Å². The maximum Gasteiger partial charge on any atom is 0.225 e. The number of carbonyl (C=O) groups excluding carboxylic acids is 1. The van der Waals surface area contributed by atoms with Gasteiger partial charge in [-0.1, -0.05) is 55.4 Å². The smallest absolute Gasteiger partial charge is 0.225 e. The van der Waals surface area contributed by atoms with Crippen molar-refractivity contribution < 1.29 is 4.79 Å². The molecule has 1 aromatic heterocycles. The van der Waals surface area contributed by atoms with Crippen molar-refractivity contribution in [2.45, 2.75) is 33.9 Å². The number of carbonyl (C=O) groups is 1. The summed E-state index contributed by atoms with van der Waals surface area (Å²) in [4.78, 5) is 16.6. The molecule has 4 nitrogen and oxygen atoms in total. The highest BCUT2D eigenvalue weighted by Crippen LogP contribution is 2.19. The molecule has 0 aliphatic heterocycles. The molecule has 0 aliphatic carbocycles. The molecular formula is C16H20BrN3O. The van der Waals surface area contributed by atoms with Gasteiger partial charge in [0.05, 0.1) is 24.1 Å². The average molecular weight is 350 g/mol. The van der Waals surface area contributed by atoms with E-state index in [0.717, 1.165) is 21.3 Å². The maximum absolute atomic E-state index is 12.0. The fraction of sp³-hybridized carbons (Fsp3) is 0.375. The molecule has 2 rings (SSSR count). The lowest BCUT2D eigenvalue weighted by Gasteiger charge is -2.17. The van der Waals surface area contributed by atoms with E-state index in [1.807, 2.05) is 45.0 Å². The first kappa shape index (κ1) is 15.8. The largest absolute Gasteiger partial charge is 0.348 e. The number of aromatic nitrogens is 2. The van der Waals surface area contributed by atoms with Crippen molar-refractivity contribution in [3.8, 4) is 0 Å². The van der Waals surface area contributed by atoms with Gasteiger partial charge in [-0.3, -0.25) is 4.79 Å². The Hall–Kier alpha value is -1.62. The first-order chi connectivity index (χ1) is 9.79. The number of nitrogens with zero attached hydrogens (tertiary/aromatic N) is 2. The van der Waals surface area contributed by atoms with Crippen LogP contribution >= 0.6 is 15.9 Å². The second-order valence-electron chi connectivity index (χ2n) is 6.05. The molecule has 112 valence electrons. The molecule has 2 aromatic rings. The highest BCUT2D eigenvalue weighted by atomic mass is 79.9. The van der Waals surface area contributed by atoms with E-state index in [4.69, 9.17) is 0 Å². The lowest BCUT2D eigenvalue weighted by molar-refractivity contribution is -0.128. The van der Waals surface area contributed by atoms with Crippen LogP contribution in [-0.2, 0) is 17.9 Å². The minimum Gasteiger partial charge on any atom is -0.348 e. The summed E-state index contributed by atoms with van der Waals surface area (Å²) >= 11 is 3.40. The molecule has 1 aromatic carbocycles. The summed E-state index contributed by atoms with van der Waals surface area (Å²) in [5, 5.41) is 2.95. The number of halogens is 1. The fourth-order valence-corrected chi connectivity index (χ4v) is 2.28. The normalized spacial score (nSPS) is 11.6. The second-order valence-corrected chi connectivity index (χ2v) is 7.17. The van der Waals surface area contributed by atoms with Gasteiger partial charge in [-0.05, 0) is 12.1 Å². The lowest BCUT2D eigenvalue weighted by atomic mass is 9.96. The van der Waals surface area contributed by atoms with Crippen LogP contribution < -0.4 is 5.32 Å². The number of hydrogen-bond donors (Lipinski definition) is 1. The molecule has 0 spiro atoms. The number of amides is 1. The molecule has 0 aliphatic rings. The number of rotatable bonds is 4. The number of fused-ring (bicyclic) bond motifs is 1. The molecular weight excluding hydrogens is 330 g/mol. The summed E-state index contributed by atoms with van der Waals surface area (Å²) in [6.45, 7) is 10.6. The van der Waals surface area contributed by atoms with Crippen molar-refractivity contribution in [2.24, 2.45) is 5.41 Å². The first-order valence-electron chi connectivity index (χ1n) is 6.85. The Kier molecular flexibility index (Phi) is 4.52. The minimum absolute atomic E-state index is 0.0128. The molecule has 0 atom stereocenters. The van der Waals surface area contributed by atoms with Gasteiger partial charge >= 0.3 is 0 Å². The van der Waals surface area contributed by atoms with E-state index in [0.29, 0.717) is 13.1 Å². The predicted molar refractivity (Wildman–Crippen MR) is 89.1 cm³/mol. The number of nitrogens with one attached hydrogen (secondary N) is 1. The topological polar surface area (TPSA) is 46.9 Å². The molecule has 1 N–H and O–H groups in total. The fourth-order valence-electron chi connectivity index (χ4n) is 2.03. The van der Waals surface area contributed by atoms with Crippen LogP contribution in [-0.4, -0.2) is 15.5 Å². The molecule has 5 heteroatoms. The summed E-state index contributed by atoms with van der Waals surface area (Å²) in [6, 6.07) is 7.93. The van der Waals surface area contributed by atoms with Gasteiger partial charge in [0.15, 0.2) is 0 Å². The van der Waals surface area contributed by atoms with Crippen LogP contribution in [0.5, 0.6) is 0 Å². The third kappa shape index (κ3) is 3.73. The van der Waals surface area contributed by atoms with E-state index < -0.39 is 5.41 Å². The Morgan fingerprint density at radius 1 is 1.38 bits per heavy atom. The molecule has 0 unspecified atom stereocenters. The molecule has 0 saturated heterocycles. The number of para-hydroxylation sites is 2. The number of hydrogen-bond acceptors (Lipinski definition) is 2. The summed E-state index contributed by atoms with van der Waals surface area (Å²) in [5.41, 5.74) is 1.56. The van der Waals surface area contributed by atoms with Crippen LogP contribution in [0.3, 0.4) is 0 Å². The SMILES string of the molecule is C=C(Br)Cn1c(CNC(=O)C(C)(C)C)nc2ccccc21. The Bertz CT molecular complexity index is 682. The number of imidazole rings is 1. The van der Waals surface area contributed by atoms with Gasteiger partial charge in [0.25, 0.3) is 0 Å². The van der Waals surface area contributed by atoms with Crippen LogP contribution in [0.15, 0.2) is 35.3 Å². The highest BCUT2D eigenvalue weighted by Gasteiger charge is 2.21. The maximum atomic E-state index is 12.0. The van der Waals surface area contributed by atoms with Crippen LogP contribution in [0.1, 0.15) is 26.6 Å². The van der Waals surface area contributed by atoms with Crippen LogP contribution in [0.25, 0.3) is 11.0 Å². The summed E-state index contributed by atoms with van der Waals surface area (Å²) < 4.78 is 2.93. The van der Waals surface area contributed by atoms with Gasteiger partial charge in [0.2, 0.25) is 5.91 Å². The van der Waals surface area contributed by atoms with Gasteiger partial charge in [-0.15, -0.1) is 0 Å². The monoisotopic (exact) mass is 349 g/mol. The Morgan fingerprint density at radius 2 is 2.05 bits per heavy atom. The van der Waals surface area contributed by atoms with E-state index in [1.165, 1.54) is 0 Å². The first-order valence-corrected chi connectivity index (χ1v) is 7.64. The van der Waals surface area contributed by atoms with Crippen molar-refractivity contribution in [3.05, 3.63) is 41.2 Å². The predicted octanol–water partition coefficient (Wildman–Crippen LogP) is 3.61. The van der Waals surface area contributed by atoms with Gasteiger partial charge in [0.1, 0.15) is 5.82 Å². The highest BCUT2D eigenvalue weighted by molar-refractivity contribution is 9.11. The third-order valence-corrected chi connectivity index (χ3v) is 3.40. The van der Waals surface area contributed by atoms with E-state index in [1.54, 1.807) is 0 Å². The van der Waals surface area contributed by atoms with E-state index in [-0.39, 0.29) is 5.91 Å². The molecule has 0 fully saturated rings. The Morgan fingerprint density at radius 3 is 2.67 bits per heavy atom. The van der Waals surface area contributed by atoms with Gasteiger partial charge in [-0.25, -0.2) is 4.98 Å². The molecule has 0 bridgehead atoms. The minimum atomic E-state index is -0.407. The van der Waals surface area contributed by atoms with Gasteiger partial charge < -0.3 is 9.88 Å². The molecule has 0 saturated carbocycles. The summed E-state index contributed by atoms with van der Waals surface area (Å²) in [7, 11) is 0. The van der Waals surface area contributed by atoms with Crippen LogP contribution in [0.2, 0.25) is 0 Å². The van der Waals surface area contributed by atoms with E-state index >= 15 is 0 Å². The van der Waals surface area contributed by atoms with Crippen molar-refractivity contribution in [2.75, 3.05) is 0 Å². The Balaban J connectivity index is 2.30. The number of allylic oxidation sites excluding steroid dienone is 1. The zero-order valence-corrected chi connectivity index (χ0v) is 14.2. The van der Waals surface area contributed by atoms with Crippen molar-refractivity contribution in [3.63, 3.8) is 0 Å². The Labute approximate surface area is 133 Å². The molecule has 0 radical (unpaired) electrons. The average Bonchev–Trinajstić information content (AvgIpc) is 2.72.